The maximum absolute atomic E-state index is 6.03. The predicted octanol–water partition coefficient (Wildman–Crippen LogP) is 2.77. The molecule has 2 aliphatic rings. The first-order valence-corrected chi connectivity index (χ1v) is 9.44. The number of aliphatic imine (C=N–C) groups is 1. The molecule has 2 aromatic rings. The van der Waals surface area contributed by atoms with Gasteiger partial charge in [0.1, 0.15) is 5.82 Å². The lowest BCUT2D eigenvalue weighted by atomic mass is 10.2. The van der Waals surface area contributed by atoms with Gasteiger partial charge in [-0.05, 0) is 36.6 Å². The minimum Gasteiger partial charge on any atom is -0.490 e. The molecule has 1 fully saturated rings. The number of rotatable bonds is 4. The number of nitrogens with two attached hydrogens (primary N) is 1. The Labute approximate surface area is 159 Å². The minimum atomic E-state index is 0.355. The van der Waals surface area contributed by atoms with Crippen LogP contribution in [0.3, 0.4) is 0 Å². The van der Waals surface area contributed by atoms with Gasteiger partial charge in [-0.1, -0.05) is 6.07 Å². The van der Waals surface area contributed by atoms with E-state index in [1.54, 1.807) is 0 Å². The van der Waals surface area contributed by atoms with Crippen LogP contribution in [0.25, 0.3) is 0 Å². The maximum Gasteiger partial charge on any atom is 0.193 e. The van der Waals surface area contributed by atoms with Gasteiger partial charge < -0.3 is 25.4 Å². The molecule has 0 saturated carbocycles. The van der Waals surface area contributed by atoms with E-state index in [1.807, 2.05) is 24.4 Å². The molecule has 3 heterocycles. The zero-order chi connectivity index (χ0) is 18.5. The number of hydrogen-bond acceptors (Lipinski definition) is 5. The fraction of sp³-hybridized carbons (Fsp3) is 0.400. The summed E-state index contributed by atoms with van der Waals surface area (Å²) in [7, 11) is 0. The van der Waals surface area contributed by atoms with Gasteiger partial charge >= 0.3 is 0 Å². The Kier molecular flexibility index (Phi) is 5.27. The SMILES string of the molecule is NC(=NCc1ccc(N2CCCC2)nc1)Nc1ccc2c(c1)OCCCO2. The van der Waals surface area contributed by atoms with Gasteiger partial charge in [0.25, 0.3) is 0 Å². The van der Waals surface area contributed by atoms with Crippen LogP contribution in [0.4, 0.5) is 11.5 Å². The normalized spacial score (nSPS) is 16.9. The first-order valence-electron chi connectivity index (χ1n) is 9.44. The average molecular weight is 367 g/mol. The quantitative estimate of drug-likeness (QED) is 0.638. The second-order valence-electron chi connectivity index (χ2n) is 6.76. The first kappa shape index (κ1) is 17.5. The molecule has 0 unspecified atom stereocenters. The molecule has 0 bridgehead atoms. The molecular formula is C20H25N5O2. The number of guanidine groups is 1. The highest BCUT2D eigenvalue weighted by Crippen LogP contribution is 2.32. The summed E-state index contributed by atoms with van der Waals surface area (Å²) in [4.78, 5) is 11.3. The third-order valence-corrected chi connectivity index (χ3v) is 4.69. The van der Waals surface area contributed by atoms with Crippen molar-refractivity contribution in [2.45, 2.75) is 25.8 Å². The molecule has 2 aliphatic heterocycles. The van der Waals surface area contributed by atoms with Crippen molar-refractivity contribution in [3.05, 3.63) is 42.1 Å². The van der Waals surface area contributed by atoms with Gasteiger partial charge in [0.05, 0.1) is 19.8 Å². The van der Waals surface area contributed by atoms with Crippen LogP contribution in [0.15, 0.2) is 41.5 Å². The summed E-state index contributed by atoms with van der Waals surface area (Å²) in [6.45, 7) is 4.00. The van der Waals surface area contributed by atoms with Crippen molar-refractivity contribution in [2.24, 2.45) is 10.7 Å². The Morgan fingerprint density at radius 2 is 1.89 bits per heavy atom. The van der Waals surface area contributed by atoms with E-state index in [1.165, 1.54) is 12.8 Å². The molecule has 7 heteroatoms. The highest BCUT2D eigenvalue weighted by Gasteiger charge is 2.13. The highest BCUT2D eigenvalue weighted by atomic mass is 16.5. The van der Waals surface area contributed by atoms with E-state index in [4.69, 9.17) is 15.2 Å². The van der Waals surface area contributed by atoms with Crippen LogP contribution in [-0.4, -0.2) is 37.2 Å². The monoisotopic (exact) mass is 367 g/mol. The van der Waals surface area contributed by atoms with Crippen molar-refractivity contribution >= 4 is 17.5 Å². The number of nitrogens with zero attached hydrogens (tertiary/aromatic N) is 3. The van der Waals surface area contributed by atoms with Crippen LogP contribution in [0, 0.1) is 0 Å². The van der Waals surface area contributed by atoms with Gasteiger partial charge in [-0.25, -0.2) is 9.98 Å². The number of aromatic nitrogens is 1. The number of benzene rings is 1. The Hall–Kier alpha value is -2.96. The number of nitrogens with one attached hydrogen (secondary N) is 1. The lowest BCUT2D eigenvalue weighted by molar-refractivity contribution is 0.297. The molecule has 1 aromatic heterocycles. The van der Waals surface area contributed by atoms with E-state index in [-0.39, 0.29) is 0 Å². The maximum atomic E-state index is 6.03. The van der Waals surface area contributed by atoms with Crippen LogP contribution in [0.1, 0.15) is 24.8 Å². The van der Waals surface area contributed by atoms with Crippen LogP contribution < -0.4 is 25.4 Å². The molecule has 27 heavy (non-hydrogen) atoms. The highest BCUT2D eigenvalue weighted by molar-refractivity contribution is 5.92. The number of pyridine rings is 1. The summed E-state index contributed by atoms with van der Waals surface area (Å²) in [6, 6.07) is 9.80. The Balaban J connectivity index is 1.36. The van der Waals surface area contributed by atoms with Gasteiger partial charge in [0.2, 0.25) is 0 Å². The van der Waals surface area contributed by atoms with Crippen LogP contribution >= 0.6 is 0 Å². The minimum absolute atomic E-state index is 0.355. The zero-order valence-corrected chi connectivity index (χ0v) is 15.4. The molecule has 0 aliphatic carbocycles. The van der Waals surface area contributed by atoms with Crippen molar-refractivity contribution in [1.82, 2.24) is 4.98 Å². The van der Waals surface area contributed by atoms with Crippen molar-refractivity contribution in [2.75, 3.05) is 36.5 Å². The van der Waals surface area contributed by atoms with Crippen molar-refractivity contribution in [1.29, 1.82) is 0 Å². The van der Waals surface area contributed by atoms with Crippen LogP contribution in [0.2, 0.25) is 0 Å². The van der Waals surface area contributed by atoms with E-state index < -0.39 is 0 Å². The van der Waals surface area contributed by atoms with Crippen LogP contribution in [-0.2, 0) is 6.54 Å². The average Bonchev–Trinajstić information content (AvgIpc) is 3.13. The lowest BCUT2D eigenvalue weighted by Crippen LogP contribution is -2.22. The lowest BCUT2D eigenvalue weighted by Gasteiger charge is -2.16. The van der Waals surface area contributed by atoms with Gasteiger partial charge in [-0.3, -0.25) is 0 Å². The van der Waals surface area contributed by atoms with E-state index in [0.29, 0.717) is 25.7 Å². The van der Waals surface area contributed by atoms with Crippen molar-refractivity contribution in [3.8, 4) is 11.5 Å². The van der Waals surface area contributed by atoms with E-state index in [2.05, 4.69) is 32.3 Å². The second kappa shape index (κ2) is 8.16. The number of hydrogen-bond donors (Lipinski definition) is 2. The third-order valence-electron chi connectivity index (χ3n) is 4.69. The van der Waals surface area contributed by atoms with E-state index in [0.717, 1.165) is 48.1 Å². The fourth-order valence-corrected chi connectivity index (χ4v) is 3.25. The molecule has 0 spiro atoms. The molecule has 0 radical (unpaired) electrons. The summed E-state index contributed by atoms with van der Waals surface area (Å²) < 4.78 is 11.3. The molecule has 142 valence electrons. The summed E-state index contributed by atoms with van der Waals surface area (Å²) in [5.74, 6) is 2.89. The predicted molar refractivity (Wildman–Crippen MR) is 107 cm³/mol. The zero-order valence-electron chi connectivity index (χ0n) is 15.4. The van der Waals surface area contributed by atoms with Crippen LogP contribution in [0.5, 0.6) is 11.5 Å². The smallest absolute Gasteiger partial charge is 0.193 e. The summed E-state index contributed by atoms with van der Waals surface area (Å²) in [5.41, 5.74) is 7.88. The third kappa shape index (κ3) is 4.42. The summed E-state index contributed by atoms with van der Waals surface area (Å²) in [5, 5.41) is 3.10. The van der Waals surface area contributed by atoms with Crippen molar-refractivity contribution < 1.29 is 9.47 Å². The Morgan fingerprint density at radius 3 is 2.67 bits per heavy atom. The number of anilines is 2. The van der Waals surface area contributed by atoms with Gasteiger partial charge in [-0.15, -0.1) is 0 Å². The number of ether oxygens (including phenoxy) is 2. The molecule has 0 atom stereocenters. The van der Waals surface area contributed by atoms with E-state index >= 15 is 0 Å². The fourth-order valence-electron chi connectivity index (χ4n) is 3.25. The second-order valence-corrected chi connectivity index (χ2v) is 6.76. The standard InChI is InChI=1S/C20H25N5O2/c21-20(24-16-5-6-17-18(12-16)27-11-3-10-26-17)23-14-15-4-7-19(22-13-15)25-8-1-2-9-25/h4-7,12-13H,1-3,8-11,14H2,(H3,21,23,24). The van der Waals surface area contributed by atoms with Gasteiger partial charge in [-0.2, -0.15) is 0 Å². The van der Waals surface area contributed by atoms with Gasteiger partial charge in [0.15, 0.2) is 17.5 Å². The molecule has 3 N–H and O–H groups in total. The van der Waals surface area contributed by atoms with Crippen molar-refractivity contribution in [3.63, 3.8) is 0 Å². The van der Waals surface area contributed by atoms with E-state index in [9.17, 15) is 0 Å². The summed E-state index contributed by atoms with van der Waals surface area (Å²) in [6.07, 6.45) is 5.25. The Morgan fingerprint density at radius 1 is 1.07 bits per heavy atom. The number of fused-ring (bicyclic) bond motifs is 1. The first-order chi connectivity index (χ1) is 13.3. The molecule has 7 nitrogen and oxygen atoms in total. The largest absolute Gasteiger partial charge is 0.490 e. The summed E-state index contributed by atoms with van der Waals surface area (Å²) >= 11 is 0. The molecule has 0 amide bonds. The molecule has 1 aromatic carbocycles. The molecule has 4 rings (SSSR count). The Bertz CT molecular complexity index is 801. The molecule has 1 saturated heterocycles. The topological polar surface area (TPSA) is 85.0 Å². The molecular weight excluding hydrogens is 342 g/mol. The van der Waals surface area contributed by atoms with Gasteiger partial charge in [0, 0.05) is 37.5 Å².